The standard InChI is InChI=1S/C8H10N2O4S/c1-14-8(11)6-3-4-7(9-5-6)10-15(2,12)13/h3-5H,1-2H3,(H,9,10). The molecule has 0 unspecified atom stereocenters. The molecule has 0 fully saturated rings. The Labute approximate surface area is 87.3 Å². The van der Waals surface area contributed by atoms with Crippen molar-refractivity contribution in [2.45, 2.75) is 0 Å². The van der Waals surface area contributed by atoms with E-state index in [1.807, 2.05) is 0 Å². The number of sulfonamides is 1. The summed E-state index contributed by atoms with van der Waals surface area (Å²) in [6, 6.07) is 2.81. The number of nitrogens with zero attached hydrogens (tertiary/aromatic N) is 1. The minimum atomic E-state index is -3.34. The Morgan fingerprint density at radius 2 is 2.13 bits per heavy atom. The molecule has 0 spiro atoms. The van der Waals surface area contributed by atoms with Gasteiger partial charge in [-0.15, -0.1) is 0 Å². The third-order valence-corrected chi connectivity index (χ3v) is 2.05. The maximum absolute atomic E-state index is 11.0. The Hall–Kier alpha value is -1.63. The molecule has 0 aliphatic rings. The molecule has 0 bridgehead atoms. The van der Waals surface area contributed by atoms with Crippen LogP contribution in [0, 0.1) is 0 Å². The summed E-state index contributed by atoms with van der Waals surface area (Å²) in [4.78, 5) is 14.8. The summed E-state index contributed by atoms with van der Waals surface area (Å²) in [5.41, 5.74) is 0.261. The van der Waals surface area contributed by atoms with E-state index in [1.165, 1.54) is 25.4 Å². The highest BCUT2D eigenvalue weighted by molar-refractivity contribution is 7.92. The molecule has 0 aromatic carbocycles. The number of rotatable bonds is 3. The lowest BCUT2D eigenvalue weighted by Crippen LogP contribution is -2.11. The predicted octanol–water partition coefficient (Wildman–Crippen LogP) is 0.240. The molecule has 1 heterocycles. The minimum Gasteiger partial charge on any atom is -0.465 e. The zero-order chi connectivity index (χ0) is 11.5. The van der Waals surface area contributed by atoms with Gasteiger partial charge in [0.05, 0.1) is 18.9 Å². The van der Waals surface area contributed by atoms with E-state index in [1.54, 1.807) is 0 Å². The van der Waals surface area contributed by atoms with Gasteiger partial charge < -0.3 is 4.74 Å². The molecule has 0 radical (unpaired) electrons. The van der Waals surface area contributed by atoms with Crippen LogP contribution in [0.25, 0.3) is 0 Å². The smallest absolute Gasteiger partial charge is 0.339 e. The molecule has 1 aromatic rings. The summed E-state index contributed by atoms with van der Waals surface area (Å²) >= 11 is 0. The SMILES string of the molecule is COC(=O)c1ccc(NS(C)(=O)=O)nc1. The van der Waals surface area contributed by atoms with E-state index in [9.17, 15) is 13.2 Å². The lowest BCUT2D eigenvalue weighted by Gasteiger charge is -2.03. The quantitative estimate of drug-likeness (QED) is 0.752. The zero-order valence-corrected chi connectivity index (χ0v) is 9.04. The molecule has 0 aliphatic carbocycles. The monoisotopic (exact) mass is 230 g/mol. The molecule has 15 heavy (non-hydrogen) atoms. The summed E-state index contributed by atoms with van der Waals surface area (Å²) in [6.45, 7) is 0. The average Bonchev–Trinajstić information content (AvgIpc) is 2.15. The lowest BCUT2D eigenvalue weighted by molar-refractivity contribution is 0.0600. The van der Waals surface area contributed by atoms with Crippen LogP contribution < -0.4 is 4.72 Å². The Bertz CT molecular complexity index is 452. The molecular weight excluding hydrogens is 220 g/mol. The second-order valence-corrected chi connectivity index (χ2v) is 4.55. The first-order valence-corrected chi connectivity index (χ1v) is 5.83. The number of hydrogen-bond donors (Lipinski definition) is 1. The van der Waals surface area contributed by atoms with Crippen LogP contribution in [0.4, 0.5) is 5.82 Å². The summed E-state index contributed by atoms with van der Waals surface area (Å²) in [5.74, 6) is -0.362. The van der Waals surface area contributed by atoms with Gasteiger partial charge in [-0.25, -0.2) is 18.2 Å². The topological polar surface area (TPSA) is 85.4 Å². The largest absolute Gasteiger partial charge is 0.465 e. The first kappa shape index (κ1) is 11.4. The summed E-state index contributed by atoms with van der Waals surface area (Å²) in [7, 11) is -2.09. The van der Waals surface area contributed by atoms with Crippen molar-refractivity contribution in [2.75, 3.05) is 18.1 Å². The van der Waals surface area contributed by atoms with Crippen molar-refractivity contribution in [2.24, 2.45) is 0 Å². The second kappa shape index (κ2) is 4.26. The maximum atomic E-state index is 11.0. The van der Waals surface area contributed by atoms with Crippen LogP contribution in [-0.4, -0.2) is 32.7 Å². The first-order chi connectivity index (χ1) is 6.92. The normalized spacial score (nSPS) is 10.8. The molecule has 0 saturated heterocycles. The fourth-order valence-electron chi connectivity index (χ4n) is 0.883. The van der Waals surface area contributed by atoms with Gasteiger partial charge in [0.25, 0.3) is 0 Å². The van der Waals surface area contributed by atoms with Gasteiger partial charge in [-0.1, -0.05) is 0 Å². The van der Waals surface area contributed by atoms with E-state index >= 15 is 0 Å². The van der Waals surface area contributed by atoms with Crippen molar-refractivity contribution in [1.82, 2.24) is 4.98 Å². The minimum absolute atomic E-state index is 0.158. The molecule has 0 atom stereocenters. The molecular formula is C8H10N2O4S. The van der Waals surface area contributed by atoms with Crippen molar-refractivity contribution in [1.29, 1.82) is 0 Å². The highest BCUT2D eigenvalue weighted by Crippen LogP contribution is 2.07. The van der Waals surface area contributed by atoms with E-state index < -0.39 is 16.0 Å². The molecule has 7 heteroatoms. The van der Waals surface area contributed by atoms with Crippen LogP contribution in [0.5, 0.6) is 0 Å². The number of esters is 1. The van der Waals surface area contributed by atoms with Crippen LogP contribution in [0.15, 0.2) is 18.3 Å². The van der Waals surface area contributed by atoms with Crippen LogP contribution in [0.3, 0.4) is 0 Å². The molecule has 1 N–H and O–H groups in total. The highest BCUT2D eigenvalue weighted by Gasteiger charge is 2.07. The summed E-state index contributed by atoms with van der Waals surface area (Å²) in [5, 5.41) is 0. The maximum Gasteiger partial charge on any atom is 0.339 e. The van der Waals surface area contributed by atoms with Gasteiger partial charge >= 0.3 is 5.97 Å². The Balaban J connectivity index is 2.86. The molecule has 0 aliphatic heterocycles. The fraction of sp³-hybridized carbons (Fsp3) is 0.250. The number of carbonyl (C=O) groups excluding carboxylic acids is 1. The van der Waals surface area contributed by atoms with Gasteiger partial charge in [0.1, 0.15) is 5.82 Å². The lowest BCUT2D eigenvalue weighted by atomic mass is 10.3. The van der Waals surface area contributed by atoms with Gasteiger partial charge in [0, 0.05) is 6.20 Å². The summed E-state index contributed by atoms with van der Waals surface area (Å²) < 4.78 is 28.3. The molecule has 1 rings (SSSR count). The van der Waals surface area contributed by atoms with Crippen LogP contribution in [-0.2, 0) is 14.8 Å². The number of hydrogen-bond acceptors (Lipinski definition) is 5. The molecule has 0 saturated carbocycles. The Kier molecular flexibility index (Phi) is 3.25. The van der Waals surface area contributed by atoms with E-state index in [-0.39, 0.29) is 11.4 Å². The Morgan fingerprint density at radius 3 is 2.53 bits per heavy atom. The van der Waals surface area contributed by atoms with Crippen molar-refractivity contribution in [3.63, 3.8) is 0 Å². The third kappa shape index (κ3) is 3.55. The van der Waals surface area contributed by atoms with Crippen LogP contribution in [0.2, 0.25) is 0 Å². The van der Waals surface area contributed by atoms with E-state index in [0.29, 0.717) is 0 Å². The molecule has 0 amide bonds. The highest BCUT2D eigenvalue weighted by atomic mass is 32.2. The number of pyridine rings is 1. The van der Waals surface area contributed by atoms with Crippen molar-refractivity contribution < 1.29 is 17.9 Å². The predicted molar refractivity (Wildman–Crippen MR) is 54.0 cm³/mol. The molecule has 6 nitrogen and oxygen atoms in total. The average molecular weight is 230 g/mol. The van der Waals surface area contributed by atoms with Crippen LogP contribution in [0.1, 0.15) is 10.4 Å². The van der Waals surface area contributed by atoms with Gasteiger partial charge in [-0.2, -0.15) is 0 Å². The van der Waals surface area contributed by atoms with Gasteiger partial charge in [-0.05, 0) is 12.1 Å². The van der Waals surface area contributed by atoms with Gasteiger partial charge in [0.15, 0.2) is 0 Å². The van der Waals surface area contributed by atoms with Crippen LogP contribution >= 0.6 is 0 Å². The summed E-state index contributed by atoms with van der Waals surface area (Å²) in [6.07, 6.45) is 2.25. The van der Waals surface area contributed by atoms with E-state index in [0.717, 1.165) is 6.26 Å². The number of aromatic nitrogens is 1. The number of anilines is 1. The van der Waals surface area contributed by atoms with E-state index in [2.05, 4.69) is 14.4 Å². The third-order valence-electron chi connectivity index (χ3n) is 1.47. The first-order valence-electron chi connectivity index (χ1n) is 3.94. The number of nitrogens with one attached hydrogen (secondary N) is 1. The van der Waals surface area contributed by atoms with Gasteiger partial charge in [-0.3, -0.25) is 4.72 Å². The number of methoxy groups -OCH3 is 1. The number of carbonyl (C=O) groups is 1. The Morgan fingerprint density at radius 1 is 1.47 bits per heavy atom. The zero-order valence-electron chi connectivity index (χ0n) is 8.22. The van der Waals surface area contributed by atoms with Crippen molar-refractivity contribution in [3.05, 3.63) is 23.9 Å². The fourth-order valence-corrected chi connectivity index (χ4v) is 1.38. The molecule has 82 valence electrons. The van der Waals surface area contributed by atoms with E-state index in [4.69, 9.17) is 0 Å². The molecule has 1 aromatic heterocycles. The van der Waals surface area contributed by atoms with Gasteiger partial charge in [0.2, 0.25) is 10.0 Å². The van der Waals surface area contributed by atoms with Crippen molar-refractivity contribution >= 4 is 21.8 Å². The number of ether oxygens (including phenoxy) is 1. The van der Waals surface area contributed by atoms with Crippen molar-refractivity contribution in [3.8, 4) is 0 Å². The second-order valence-electron chi connectivity index (χ2n) is 2.80.